The van der Waals surface area contributed by atoms with Gasteiger partial charge < -0.3 is 25.4 Å². The van der Waals surface area contributed by atoms with E-state index in [0.717, 1.165) is 16.7 Å². The minimum atomic E-state index is -1.14. The lowest BCUT2D eigenvalue weighted by molar-refractivity contribution is -0.00120. The third-order valence-electron chi connectivity index (χ3n) is 5.37. The maximum absolute atomic E-state index is 9.55. The van der Waals surface area contributed by atoms with Crippen LogP contribution in [-0.4, -0.2) is 53.8 Å². The molecule has 0 atom stereocenters. The SMILES string of the molecule is OCC(CO)(CO)NCCOC(c1ccccc1)(c1ccccc1)c1ccccc1. The summed E-state index contributed by atoms with van der Waals surface area (Å²) >= 11 is 0. The minimum Gasteiger partial charge on any atom is -0.394 e. The summed E-state index contributed by atoms with van der Waals surface area (Å²) < 4.78 is 6.61. The van der Waals surface area contributed by atoms with Crippen molar-refractivity contribution in [2.75, 3.05) is 33.0 Å². The van der Waals surface area contributed by atoms with Crippen LogP contribution in [0.1, 0.15) is 16.7 Å². The molecule has 0 bridgehead atoms. The Balaban J connectivity index is 1.97. The van der Waals surface area contributed by atoms with Crippen LogP contribution < -0.4 is 5.32 Å². The largest absolute Gasteiger partial charge is 0.394 e. The third-order valence-corrected chi connectivity index (χ3v) is 5.37. The summed E-state index contributed by atoms with van der Waals surface area (Å²) in [6.45, 7) is -0.486. The molecule has 0 heterocycles. The maximum atomic E-state index is 9.55. The maximum Gasteiger partial charge on any atom is 0.143 e. The monoisotopic (exact) mass is 407 g/mol. The first-order chi connectivity index (χ1) is 14.7. The van der Waals surface area contributed by atoms with Gasteiger partial charge in [-0.1, -0.05) is 91.0 Å². The Kier molecular flexibility index (Phi) is 7.74. The zero-order chi connectivity index (χ0) is 21.3. The Bertz CT molecular complexity index is 762. The van der Waals surface area contributed by atoms with Gasteiger partial charge in [0, 0.05) is 6.54 Å². The normalized spacial score (nSPS) is 12.1. The summed E-state index contributed by atoms with van der Waals surface area (Å²) in [6.07, 6.45) is 0. The molecule has 0 aromatic heterocycles. The van der Waals surface area contributed by atoms with Crippen LogP contribution in [0, 0.1) is 0 Å². The van der Waals surface area contributed by atoms with Gasteiger partial charge in [0.2, 0.25) is 0 Å². The number of rotatable bonds is 11. The highest BCUT2D eigenvalue weighted by Crippen LogP contribution is 2.40. The number of benzene rings is 3. The van der Waals surface area contributed by atoms with E-state index in [1.165, 1.54) is 0 Å². The van der Waals surface area contributed by atoms with Crippen molar-refractivity contribution in [1.82, 2.24) is 5.32 Å². The van der Waals surface area contributed by atoms with E-state index in [-0.39, 0.29) is 19.8 Å². The van der Waals surface area contributed by atoms with Gasteiger partial charge in [0.05, 0.1) is 32.0 Å². The summed E-state index contributed by atoms with van der Waals surface area (Å²) in [5, 5.41) is 31.7. The molecule has 3 aromatic carbocycles. The smallest absolute Gasteiger partial charge is 0.143 e. The first-order valence-electron chi connectivity index (χ1n) is 10.1. The van der Waals surface area contributed by atoms with Crippen LogP contribution in [0.15, 0.2) is 91.0 Å². The number of hydrogen-bond donors (Lipinski definition) is 4. The van der Waals surface area contributed by atoms with Crippen LogP contribution in [0.3, 0.4) is 0 Å². The second kappa shape index (κ2) is 10.5. The molecule has 0 amide bonds. The Hall–Kier alpha value is -2.54. The molecular weight excluding hydrogens is 378 g/mol. The Labute approximate surface area is 177 Å². The fourth-order valence-corrected chi connectivity index (χ4v) is 3.61. The number of nitrogens with one attached hydrogen (secondary N) is 1. The van der Waals surface area contributed by atoms with Crippen LogP contribution >= 0.6 is 0 Å². The average molecular weight is 408 g/mol. The topological polar surface area (TPSA) is 82.0 Å². The number of hydrogen-bond acceptors (Lipinski definition) is 5. The lowest BCUT2D eigenvalue weighted by Crippen LogP contribution is -2.55. The Morgan fingerprint density at radius 3 is 1.30 bits per heavy atom. The molecule has 5 heteroatoms. The quantitative estimate of drug-likeness (QED) is 0.290. The highest BCUT2D eigenvalue weighted by Gasteiger charge is 2.37. The molecule has 158 valence electrons. The molecule has 5 nitrogen and oxygen atoms in total. The van der Waals surface area contributed by atoms with Gasteiger partial charge in [0.25, 0.3) is 0 Å². The zero-order valence-corrected chi connectivity index (χ0v) is 16.9. The van der Waals surface area contributed by atoms with Crippen LogP contribution in [0.25, 0.3) is 0 Å². The minimum absolute atomic E-state index is 0.292. The molecule has 0 saturated heterocycles. The summed E-state index contributed by atoms with van der Waals surface area (Å²) in [4.78, 5) is 0. The van der Waals surface area contributed by atoms with Crippen molar-refractivity contribution in [2.45, 2.75) is 11.1 Å². The molecule has 3 rings (SSSR count). The van der Waals surface area contributed by atoms with Gasteiger partial charge in [-0.05, 0) is 16.7 Å². The Morgan fingerprint density at radius 1 is 0.600 bits per heavy atom. The molecule has 0 radical (unpaired) electrons. The molecular formula is C25H29NO4. The third kappa shape index (κ3) is 4.61. The van der Waals surface area contributed by atoms with Crippen molar-refractivity contribution in [2.24, 2.45) is 0 Å². The predicted octanol–water partition coefficient (Wildman–Crippen LogP) is 2.30. The van der Waals surface area contributed by atoms with E-state index in [0.29, 0.717) is 13.2 Å². The van der Waals surface area contributed by atoms with E-state index in [4.69, 9.17) is 4.74 Å². The van der Waals surface area contributed by atoms with Crippen LogP contribution in [0.4, 0.5) is 0 Å². The second-order valence-corrected chi connectivity index (χ2v) is 7.31. The summed E-state index contributed by atoms with van der Waals surface area (Å²) in [5.41, 5.74) is 1.03. The van der Waals surface area contributed by atoms with Crippen LogP contribution in [-0.2, 0) is 10.3 Å². The van der Waals surface area contributed by atoms with Gasteiger partial charge in [-0.2, -0.15) is 0 Å². The van der Waals surface area contributed by atoms with Crippen molar-refractivity contribution < 1.29 is 20.1 Å². The molecule has 3 aromatic rings. The van der Waals surface area contributed by atoms with Gasteiger partial charge >= 0.3 is 0 Å². The van der Waals surface area contributed by atoms with E-state index >= 15 is 0 Å². The molecule has 0 aliphatic rings. The molecule has 0 spiro atoms. The molecule has 4 N–H and O–H groups in total. The molecule has 30 heavy (non-hydrogen) atoms. The molecule has 0 aliphatic heterocycles. The van der Waals surface area contributed by atoms with E-state index in [9.17, 15) is 15.3 Å². The van der Waals surface area contributed by atoms with Gasteiger partial charge in [0.1, 0.15) is 5.60 Å². The zero-order valence-electron chi connectivity index (χ0n) is 16.9. The van der Waals surface area contributed by atoms with Crippen molar-refractivity contribution in [1.29, 1.82) is 0 Å². The summed E-state index contributed by atoms with van der Waals surface area (Å²) in [5.74, 6) is 0. The van der Waals surface area contributed by atoms with Crippen LogP contribution in [0.5, 0.6) is 0 Å². The number of aliphatic hydroxyl groups is 3. The van der Waals surface area contributed by atoms with E-state index in [1.807, 2.05) is 91.0 Å². The van der Waals surface area contributed by atoms with Crippen LogP contribution in [0.2, 0.25) is 0 Å². The van der Waals surface area contributed by atoms with E-state index in [2.05, 4.69) is 5.32 Å². The lowest BCUT2D eigenvalue weighted by atomic mass is 9.80. The molecule has 0 saturated carbocycles. The predicted molar refractivity (Wildman–Crippen MR) is 117 cm³/mol. The van der Waals surface area contributed by atoms with Crippen molar-refractivity contribution in [3.8, 4) is 0 Å². The fraction of sp³-hybridized carbons (Fsp3) is 0.280. The standard InChI is InChI=1S/C25H29NO4/c27-18-24(19-28,20-29)26-16-17-30-25(21-10-4-1-5-11-21,22-12-6-2-7-13-22)23-14-8-3-9-15-23/h1-15,26-29H,16-20H2. The van der Waals surface area contributed by atoms with Crippen molar-refractivity contribution in [3.63, 3.8) is 0 Å². The van der Waals surface area contributed by atoms with Gasteiger partial charge in [-0.25, -0.2) is 0 Å². The highest BCUT2D eigenvalue weighted by molar-refractivity contribution is 5.47. The number of aliphatic hydroxyl groups excluding tert-OH is 3. The average Bonchev–Trinajstić information content (AvgIpc) is 2.84. The Morgan fingerprint density at radius 2 is 0.967 bits per heavy atom. The first-order valence-corrected chi connectivity index (χ1v) is 10.1. The van der Waals surface area contributed by atoms with Gasteiger partial charge in [-0.3, -0.25) is 0 Å². The van der Waals surface area contributed by atoms with E-state index < -0.39 is 11.1 Å². The molecule has 0 unspecified atom stereocenters. The van der Waals surface area contributed by atoms with Gasteiger partial charge in [0.15, 0.2) is 0 Å². The van der Waals surface area contributed by atoms with E-state index in [1.54, 1.807) is 0 Å². The number of ether oxygens (including phenoxy) is 1. The fourth-order valence-electron chi connectivity index (χ4n) is 3.61. The first kappa shape index (κ1) is 22.2. The van der Waals surface area contributed by atoms with Gasteiger partial charge in [-0.15, -0.1) is 0 Å². The summed E-state index contributed by atoms with van der Waals surface area (Å²) in [6, 6.07) is 30.2. The second-order valence-electron chi connectivity index (χ2n) is 7.31. The lowest BCUT2D eigenvalue weighted by Gasteiger charge is -2.36. The highest BCUT2D eigenvalue weighted by atomic mass is 16.5. The molecule has 0 aliphatic carbocycles. The van der Waals surface area contributed by atoms with Crippen molar-refractivity contribution >= 4 is 0 Å². The summed E-state index contributed by atoms with van der Waals surface area (Å²) in [7, 11) is 0. The molecule has 0 fully saturated rings. The van der Waals surface area contributed by atoms with Crippen molar-refractivity contribution in [3.05, 3.63) is 108 Å².